The van der Waals surface area contributed by atoms with Gasteiger partial charge in [-0.2, -0.15) is 0 Å². The minimum absolute atomic E-state index is 0. The zero-order valence-electron chi connectivity index (χ0n) is 37.2. The van der Waals surface area contributed by atoms with E-state index < -0.39 is 6.85 Å². The molecule has 0 saturated heterocycles. The van der Waals surface area contributed by atoms with Crippen molar-refractivity contribution in [2.45, 2.75) is 46.4 Å². The second kappa shape index (κ2) is 17.6. The third-order valence-corrected chi connectivity index (χ3v) is 10.9. The number of pyridine rings is 1. The van der Waals surface area contributed by atoms with Crippen LogP contribution in [0.25, 0.3) is 83.6 Å². The first-order valence-corrected chi connectivity index (χ1v) is 20.2. The Bertz CT molecular complexity index is 3190. The molecule has 1 radical (unpaired) electrons. The molecule has 10 rings (SSSR count). The first kappa shape index (κ1) is 37.5. The Morgan fingerprint density at radius 2 is 1.34 bits per heavy atom. The van der Waals surface area contributed by atoms with Gasteiger partial charge in [-0.3, -0.25) is 4.98 Å². The molecule has 3 heterocycles. The molecule has 0 spiro atoms. The van der Waals surface area contributed by atoms with Crippen molar-refractivity contribution in [1.82, 2.24) is 14.5 Å². The Balaban J connectivity index is 0.000000343. The summed E-state index contributed by atoms with van der Waals surface area (Å²) in [4.78, 5) is 9.18. The van der Waals surface area contributed by atoms with Gasteiger partial charge >= 0.3 is 0 Å². The monoisotopic (exact) mass is 977 g/mol. The van der Waals surface area contributed by atoms with Crippen molar-refractivity contribution in [3.05, 3.63) is 199 Å². The summed E-state index contributed by atoms with van der Waals surface area (Å²) < 4.78 is 45.1. The van der Waals surface area contributed by atoms with Gasteiger partial charge in [-0.1, -0.05) is 124 Å². The van der Waals surface area contributed by atoms with Crippen LogP contribution in [-0.2, 0) is 20.1 Å². The molecule has 6 heteroatoms. The number of rotatable bonds is 7. The van der Waals surface area contributed by atoms with Crippen LogP contribution in [0.5, 0.6) is 0 Å². The number of aryl methyl sites for hydroxylation is 1. The summed E-state index contributed by atoms with van der Waals surface area (Å²) >= 11 is 0. The first-order valence-electron chi connectivity index (χ1n) is 21.7. The standard InChI is InChI=1S/C44H37N2O.C11H7FN.Ir/c1-27(2)37-25-33(32-21-19-31(20-22-32)30-12-7-6-8-13-30)26-38(28(3)4)42(37)46-40-17-10-9-16-39(40)45-44(46)36-15-11-14-35-34-23-18-29(5)24-41(34)47-43(35)36;12-10-6-7-11(13-8-10)9-4-2-1-3-5-9;/h6-14,16-28H,1-5H3;1-4,6-8H;/q2*-1;/i5D3;;. The van der Waals surface area contributed by atoms with Crippen LogP contribution in [0.2, 0.25) is 0 Å². The fourth-order valence-electron chi connectivity index (χ4n) is 7.89. The van der Waals surface area contributed by atoms with Crippen molar-refractivity contribution in [1.29, 1.82) is 0 Å². The Hall–Kier alpha value is -6.46. The topological polar surface area (TPSA) is 43.9 Å². The van der Waals surface area contributed by atoms with Crippen molar-refractivity contribution in [2.75, 3.05) is 0 Å². The zero-order valence-corrected chi connectivity index (χ0v) is 36.6. The number of furan rings is 1. The van der Waals surface area contributed by atoms with Crippen LogP contribution in [0.4, 0.5) is 4.39 Å². The predicted molar refractivity (Wildman–Crippen MR) is 245 cm³/mol. The van der Waals surface area contributed by atoms with E-state index in [1.54, 1.807) is 24.3 Å². The van der Waals surface area contributed by atoms with Gasteiger partial charge in [0.25, 0.3) is 0 Å². The van der Waals surface area contributed by atoms with E-state index in [-0.39, 0.29) is 43.3 Å². The van der Waals surface area contributed by atoms with Gasteiger partial charge < -0.3 is 14.0 Å². The van der Waals surface area contributed by atoms with Gasteiger partial charge in [-0.25, -0.2) is 4.39 Å². The molecular formula is C55H44FIrN3O-2. The molecule has 7 aromatic carbocycles. The number of imidazole rings is 1. The molecule has 0 aliphatic heterocycles. The van der Waals surface area contributed by atoms with Crippen molar-refractivity contribution in [3.63, 3.8) is 0 Å². The first-order chi connectivity index (χ1) is 30.4. The summed E-state index contributed by atoms with van der Waals surface area (Å²) in [5.41, 5.74) is 14.0. The maximum atomic E-state index is 12.5. The van der Waals surface area contributed by atoms with Gasteiger partial charge in [0.05, 0.1) is 28.6 Å². The number of halogens is 1. The number of nitrogens with zero attached hydrogens (tertiary/aromatic N) is 3. The van der Waals surface area contributed by atoms with Gasteiger partial charge in [0.15, 0.2) is 0 Å². The fraction of sp³-hybridized carbons (Fsp3) is 0.127. The second-order valence-corrected chi connectivity index (χ2v) is 15.6. The molecule has 0 saturated carbocycles. The summed E-state index contributed by atoms with van der Waals surface area (Å²) in [6.07, 6.45) is 1.20. The Morgan fingerprint density at radius 1 is 0.656 bits per heavy atom. The minimum atomic E-state index is -2.23. The van der Waals surface area contributed by atoms with Crippen LogP contribution >= 0.6 is 0 Å². The van der Waals surface area contributed by atoms with Crippen molar-refractivity contribution in [2.24, 2.45) is 0 Å². The van der Waals surface area contributed by atoms with Crippen LogP contribution in [0, 0.1) is 24.8 Å². The Labute approximate surface area is 374 Å². The molecular weight excluding hydrogens is 930 g/mol. The Morgan fingerprint density at radius 3 is 2.02 bits per heavy atom. The molecule has 0 aliphatic carbocycles. The molecule has 0 atom stereocenters. The summed E-state index contributed by atoms with van der Waals surface area (Å²) in [7, 11) is 0. The molecule has 4 nitrogen and oxygen atoms in total. The molecule has 10 aromatic rings. The molecule has 0 fully saturated rings. The summed E-state index contributed by atoms with van der Waals surface area (Å²) in [5.74, 6) is 0.837. The van der Waals surface area contributed by atoms with E-state index >= 15 is 0 Å². The van der Waals surface area contributed by atoms with E-state index in [0.29, 0.717) is 11.2 Å². The summed E-state index contributed by atoms with van der Waals surface area (Å²) in [6, 6.07) is 58.2. The average Bonchev–Trinajstić information content (AvgIpc) is 3.88. The maximum absolute atomic E-state index is 12.5. The SMILES string of the molecule is Fc1ccc(-c2[c-]cccc2)nc1.[2H]C([2H])([2H])c1ccc2c(c1)oc1c(-c3nc4ccccc4n3-c3c(C(C)C)cc(-c4ccc(-c5ccccc5)cc4)cc3C(C)C)[c-]ccc12.[Ir]. The van der Waals surface area contributed by atoms with Crippen molar-refractivity contribution in [3.8, 4) is 50.6 Å². The van der Waals surface area contributed by atoms with Crippen LogP contribution in [0.1, 0.15) is 60.3 Å². The molecule has 303 valence electrons. The molecule has 0 amide bonds. The molecule has 0 unspecified atom stereocenters. The number of benzene rings is 7. The average molecular weight is 977 g/mol. The number of para-hydroxylation sites is 2. The second-order valence-electron chi connectivity index (χ2n) is 15.6. The van der Waals surface area contributed by atoms with Gasteiger partial charge in [0.2, 0.25) is 0 Å². The largest absolute Gasteiger partial charge is 0.501 e. The normalized spacial score (nSPS) is 12.2. The van der Waals surface area contributed by atoms with E-state index in [2.05, 4.69) is 122 Å². The van der Waals surface area contributed by atoms with Gasteiger partial charge in [0.1, 0.15) is 11.4 Å². The van der Waals surface area contributed by atoms with Gasteiger partial charge in [0, 0.05) is 35.3 Å². The smallest absolute Gasteiger partial charge is 0.139 e. The number of aromatic nitrogens is 3. The third-order valence-electron chi connectivity index (χ3n) is 10.9. The molecule has 0 bridgehead atoms. The number of hydrogen-bond acceptors (Lipinski definition) is 3. The molecule has 3 aromatic heterocycles. The van der Waals surface area contributed by atoms with Gasteiger partial charge in [-0.15, -0.1) is 54.1 Å². The number of hydrogen-bond donors (Lipinski definition) is 0. The maximum Gasteiger partial charge on any atom is 0.139 e. The summed E-state index contributed by atoms with van der Waals surface area (Å²) in [5, 5.41) is 1.76. The van der Waals surface area contributed by atoms with Crippen LogP contribution in [0.15, 0.2) is 168 Å². The molecule has 0 aliphatic rings. The van der Waals surface area contributed by atoms with E-state index in [0.717, 1.165) is 50.1 Å². The van der Waals surface area contributed by atoms with E-state index in [9.17, 15) is 4.39 Å². The Kier molecular flexibility index (Phi) is 10.9. The molecule has 0 N–H and O–H groups in total. The van der Waals surface area contributed by atoms with E-state index in [1.165, 1.54) is 45.6 Å². The minimum Gasteiger partial charge on any atom is -0.501 e. The van der Waals surface area contributed by atoms with Crippen LogP contribution in [-0.4, -0.2) is 14.5 Å². The van der Waals surface area contributed by atoms with Crippen molar-refractivity contribution < 1.29 is 33.0 Å². The quantitative estimate of drug-likeness (QED) is 0.150. The van der Waals surface area contributed by atoms with Crippen molar-refractivity contribution >= 4 is 33.0 Å². The van der Waals surface area contributed by atoms with Crippen LogP contribution < -0.4 is 0 Å². The third kappa shape index (κ3) is 8.22. The van der Waals surface area contributed by atoms with E-state index in [1.807, 2.05) is 54.6 Å². The van der Waals surface area contributed by atoms with Gasteiger partial charge in [-0.05, 0) is 99.7 Å². The predicted octanol–water partition coefficient (Wildman–Crippen LogP) is 15.0. The summed E-state index contributed by atoms with van der Waals surface area (Å²) in [6.45, 7) is 6.77. The van der Waals surface area contributed by atoms with Crippen LogP contribution in [0.3, 0.4) is 0 Å². The molecule has 61 heavy (non-hydrogen) atoms. The number of fused-ring (bicyclic) bond motifs is 4. The fourth-order valence-corrected chi connectivity index (χ4v) is 7.89. The van der Waals surface area contributed by atoms with E-state index in [4.69, 9.17) is 13.5 Å². The zero-order chi connectivity index (χ0) is 43.8.